The Kier molecular flexibility index (Phi) is 4.04. The van der Waals surface area contributed by atoms with Crippen LogP contribution in [0, 0.1) is 5.92 Å². The van der Waals surface area contributed by atoms with Crippen LogP contribution < -0.4 is 5.32 Å². The van der Waals surface area contributed by atoms with E-state index in [4.69, 9.17) is 4.74 Å². The first-order chi connectivity index (χ1) is 9.13. The predicted octanol–water partition coefficient (Wildman–Crippen LogP) is 1.26. The van der Waals surface area contributed by atoms with E-state index < -0.39 is 5.97 Å². The molecule has 0 spiro atoms. The molecule has 1 aliphatic heterocycles. The van der Waals surface area contributed by atoms with Gasteiger partial charge < -0.3 is 15.2 Å². The van der Waals surface area contributed by atoms with E-state index in [9.17, 15) is 14.7 Å². The molecule has 1 fully saturated rings. The lowest BCUT2D eigenvalue weighted by Crippen LogP contribution is -2.35. The summed E-state index contributed by atoms with van der Waals surface area (Å²) < 4.78 is 5.41. The van der Waals surface area contributed by atoms with Crippen LogP contribution in [0.2, 0.25) is 0 Å². The zero-order valence-corrected chi connectivity index (χ0v) is 11.2. The van der Waals surface area contributed by atoms with Crippen LogP contribution in [0.25, 0.3) is 0 Å². The van der Waals surface area contributed by atoms with Gasteiger partial charge in [-0.2, -0.15) is 0 Å². The van der Waals surface area contributed by atoms with Crippen LogP contribution in [-0.4, -0.2) is 36.6 Å². The molecular weight excluding hydrogens is 246 g/mol. The molecule has 3 atom stereocenters. The zero-order valence-electron chi connectivity index (χ0n) is 11.2. The fourth-order valence-corrected chi connectivity index (χ4v) is 3.17. The minimum absolute atomic E-state index is 0.0428. The molecule has 0 aromatic rings. The third-order valence-electron chi connectivity index (χ3n) is 4.05. The van der Waals surface area contributed by atoms with Gasteiger partial charge in [0.25, 0.3) is 0 Å². The summed E-state index contributed by atoms with van der Waals surface area (Å²) in [5.41, 5.74) is 1.63. The second-order valence-electron chi connectivity index (χ2n) is 4.93. The van der Waals surface area contributed by atoms with E-state index in [0.29, 0.717) is 5.57 Å². The molecule has 3 unspecified atom stereocenters. The Hall–Kier alpha value is -1.62. The summed E-state index contributed by atoms with van der Waals surface area (Å²) in [5.74, 6) is -0.936. The van der Waals surface area contributed by atoms with Crippen LogP contribution in [0.1, 0.15) is 26.2 Å². The summed E-state index contributed by atoms with van der Waals surface area (Å²) in [5, 5.41) is 12.3. The van der Waals surface area contributed by atoms with E-state index in [0.717, 1.165) is 31.1 Å². The normalized spacial score (nSPS) is 30.8. The second kappa shape index (κ2) is 5.57. The molecule has 5 heteroatoms. The number of nitrogens with one attached hydrogen (secondary N) is 1. The number of hydrogen-bond donors (Lipinski definition) is 2. The van der Waals surface area contributed by atoms with Crippen LogP contribution in [-0.2, 0) is 14.3 Å². The molecule has 0 saturated heterocycles. The fourth-order valence-electron chi connectivity index (χ4n) is 3.17. The first-order valence-corrected chi connectivity index (χ1v) is 6.52. The highest BCUT2D eigenvalue weighted by Crippen LogP contribution is 2.41. The van der Waals surface area contributed by atoms with Crippen LogP contribution >= 0.6 is 0 Å². The van der Waals surface area contributed by atoms with Crippen LogP contribution in [0.4, 0.5) is 0 Å². The van der Waals surface area contributed by atoms with Gasteiger partial charge in [-0.25, -0.2) is 4.79 Å². The number of aliphatic carboxylic acids is 1. The smallest absolute Gasteiger partial charge is 0.352 e. The lowest BCUT2D eigenvalue weighted by molar-refractivity contribution is -0.133. The highest BCUT2D eigenvalue weighted by molar-refractivity contribution is 5.89. The molecule has 2 rings (SSSR count). The van der Waals surface area contributed by atoms with E-state index >= 15 is 0 Å². The van der Waals surface area contributed by atoms with Crippen molar-refractivity contribution in [3.05, 3.63) is 22.9 Å². The molecule has 0 aromatic heterocycles. The largest absolute Gasteiger partial charge is 0.477 e. The Morgan fingerprint density at radius 2 is 2.21 bits per heavy atom. The SMILES string of the molecule is CC=C(C=O)C1NC(C(=O)O)=C2C(OC)CCCC21. The average molecular weight is 265 g/mol. The lowest BCUT2D eigenvalue weighted by atomic mass is 9.78. The van der Waals surface area contributed by atoms with E-state index in [-0.39, 0.29) is 23.8 Å². The van der Waals surface area contributed by atoms with Gasteiger partial charge in [0.2, 0.25) is 0 Å². The van der Waals surface area contributed by atoms with Crippen molar-refractivity contribution in [3.8, 4) is 0 Å². The van der Waals surface area contributed by atoms with Crippen LogP contribution in [0.15, 0.2) is 22.9 Å². The highest BCUT2D eigenvalue weighted by Gasteiger charge is 2.43. The number of hydrogen-bond acceptors (Lipinski definition) is 4. The number of ether oxygens (including phenoxy) is 1. The Morgan fingerprint density at radius 3 is 2.74 bits per heavy atom. The predicted molar refractivity (Wildman–Crippen MR) is 69.5 cm³/mol. The van der Waals surface area contributed by atoms with Gasteiger partial charge in [0.1, 0.15) is 12.0 Å². The summed E-state index contributed by atoms with van der Waals surface area (Å²) in [6.07, 6.45) is 5.08. The van der Waals surface area contributed by atoms with Crippen molar-refractivity contribution >= 4 is 12.3 Å². The lowest BCUT2D eigenvalue weighted by Gasteiger charge is -2.31. The average Bonchev–Trinajstić information content (AvgIpc) is 2.80. The number of fused-ring (bicyclic) bond motifs is 1. The Morgan fingerprint density at radius 1 is 1.47 bits per heavy atom. The molecule has 5 nitrogen and oxygen atoms in total. The van der Waals surface area contributed by atoms with Gasteiger partial charge in [-0.3, -0.25) is 4.79 Å². The van der Waals surface area contributed by atoms with Gasteiger partial charge in [0.05, 0.1) is 12.1 Å². The molecule has 0 aromatic carbocycles. The summed E-state index contributed by atoms with van der Waals surface area (Å²) in [4.78, 5) is 22.5. The Balaban J connectivity index is 2.40. The molecule has 0 bridgehead atoms. The Bertz CT molecular complexity index is 452. The van der Waals surface area contributed by atoms with E-state index in [1.807, 2.05) is 0 Å². The van der Waals surface area contributed by atoms with E-state index in [1.54, 1.807) is 20.1 Å². The summed E-state index contributed by atoms with van der Waals surface area (Å²) >= 11 is 0. The monoisotopic (exact) mass is 265 g/mol. The standard InChI is InChI=1S/C14H19NO4/c1-3-8(7-16)12-9-5-4-6-10(19-2)11(9)13(15-12)14(17)18/h3,7,9-10,12,15H,4-6H2,1-2H3,(H,17,18). The maximum Gasteiger partial charge on any atom is 0.352 e. The molecule has 1 saturated carbocycles. The molecule has 19 heavy (non-hydrogen) atoms. The van der Waals surface area contributed by atoms with E-state index in [2.05, 4.69) is 5.32 Å². The van der Waals surface area contributed by atoms with Crippen LogP contribution in [0.5, 0.6) is 0 Å². The van der Waals surface area contributed by atoms with Crippen molar-refractivity contribution < 1.29 is 19.4 Å². The fraction of sp³-hybridized carbons (Fsp3) is 0.571. The van der Waals surface area contributed by atoms with Crippen molar-refractivity contribution in [2.45, 2.75) is 38.3 Å². The van der Waals surface area contributed by atoms with Gasteiger partial charge in [-0.1, -0.05) is 6.08 Å². The highest BCUT2D eigenvalue weighted by atomic mass is 16.5. The quantitative estimate of drug-likeness (QED) is 0.591. The number of carbonyl (C=O) groups is 2. The van der Waals surface area contributed by atoms with Crippen molar-refractivity contribution in [1.29, 1.82) is 0 Å². The zero-order chi connectivity index (χ0) is 14.0. The molecule has 1 heterocycles. The second-order valence-corrected chi connectivity index (χ2v) is 4.93. The van der Waals surface area contributed by atoms with Crippen molar-refractivity contribution in [2.24, 2.45) is 5.92 Å². The van der Waals surface area contributed by atoms with Gasteiger partial charge in [0, 0.05) is 18.6 Å². The molecule has 104 valence electrons. The third kappa shape index (κ3) is 2.30. The number of rotatable bonds is 4. The molecular formula is C14H19NO4. The molecule has 2 aliphatic rings. The van der Waals surface area contributed by atoms with Gasteiger partial charge >= 0.3 is 5.97 Å². The summed E-state index contributed by atoms with van der Waals surface area (Å²) in [6.45, 7) is 1.79. The van der Waals surface area contributed by atoms with Gasteiger partial charge in [-0.15, -0.1) is 0 Å². The summed E-state index contributed by atoms with van der Waals surface area (Å²) in [7, 11) is 1.60. The number of aldehydes is 1. The number of methoxy groups -OCH3 is 1. The number of carboxylic acids is 1. The third-order valence-corrected chi connectivity index (χ3v) is 4.05. The topological polar surface area (TPSA) is 75.6 Å². The van der Waals surface area contributed by atoms with Crippen molar-refractivity contribution in [1.82, 2.24) is 5.32 Å². The van der Waals surface area contributed by atoms with E-state index in [1.165, 1.54) is 0 Å². The van der Waals surface area contributed by atoms with Gasteiger partial charge in [-0.05, 0) is 31.8 Å². The maximum atomic E-state index is 11.4. The number of carbonyl (C=O) groups excluding carboxylic acids is 1. The number of allylic oxidation sites excluding steroid dienone is 1. The maximum absolute atomic E-state index is 11.4. The summed E-state index contributed by atoms with van der Waals surface area (Å²) in [6, 6.07) is -0.235. The van der Waals surface area contributed by atoms with Crippen molar-refractivity contribution in [2.75, 3.05) is 7.11 Å². The first kappa shape index (κ1) is 13.8. The number of carboxylic acid groups (broad SMARTS) is 1. The molecule has 0 radical (unpaired) electrons. The first-order valence-electron chi connectivity index (χ1n) is 6.52. The minimum atomic E-state index is -0.979. The van der Waals surface area contributed by atoms with Gasteiger partial charge in [0.15, 0.2) is 0 Å². The molecule has 0 amide bonds. The van der Waals surface area contributed by atoms with Crippen LogP contribution in [0.3, 0.4) is 0 Å². The Labute approximate surface area is 112 Å². The minimum Gasteiger partial charge on any atom is -0.477 e. The molecule has 1 aliphatic carbocycles. The molecule has 2 N–H and O–H groups in total. The van der Waals surface area contributed by atoms with Crippen molar-refractivity contribution in [3.63, 3.8) is 0 Å².